The maximum absolute atomic E-state index is 14.7. The Hall–Kier alpha value is -4.29. The summed E-state index contributed by atoms with van der Waals surface area (Å²) >= 11 is 5.99. The highest BCUT2D eigenvalue weighted by molar-refractivity contribution is 7.46. The van der Waals surface area contributed by atoms with Crippen molar-refractivity contribution in [1.82, 2.24) is 9.71 Å². The number of nitrogens with one attached hydrogen (secondary N) is 1. The van der Waals surface area contributed by atoms with Crippen molar-refractivity contribution < 1.29 is 37.3 Å². The molecule has 11 nitrogen and oxygen atoms in total. The van der Waals surface area contributed by atoms with Crippen molar-refractivity contribution in [2.45, 2.75) is 0 Å². The number of nitrogens with two attached hydrogens (primary N) is 1. The number of pyridine rings is 2. The Balaban J connectivity index is 1.65. The maximum atomic E-state index is 14.7. The van der Waals surface area contributed by atoms with E-state index < -0.39 is 36.4 Å². The Morgan fingerprint density at radius 2 is 1.79 bits per heavy atom. The van der Waals surface area contributed by atoms with Crippen LogP contribution in [-0.4, -0.2) is 25.4 Å². The number of carbonyl (C=O) groups is 1. The highest BCUT2D eigenvalue weighted by Gasteiger charge is 2.22. The minimum Gasteiger partial charge on any atom is -0.453 e. The standard InChI is InChI=1S/C23H16ClF2N4O7P/c24-20-19(7-8-28-22(20)27)36-18-6-5-14(9-17(18)26)29-23(32)16-11-30(37-38(33,34)35)10-15(21(16)31)12-1-3-13(25)4-2-12/h1-11H,(H2,27,28)(H,29,32)(H2,33,34,35). The summed E-state index contributed by atoms with van der Waals surface area (Å²) in [6, 6.07) is 9.28. The predicted molar refractivity (Wildman–Crippen MR) is 133 cm³/mol. The molecule has 0 radical (unpaired) electrons. The lowest BCUT2D eigenvalue weighted by Crippen LogP contribution is -2.26. The number of carbonyl (C=O) groups excluding carboxylic acids is 1. The Labute approximate surface area is 217 Å². The zero-order valence-corrected chi connectivity index (χ0v) is 20.5. The number of anilines is 2. The molecular weight excluding hydrogens is 549 g/mol. The number of nitrogens with zero attached hydrogens (tertiary/aromatic N) is 2. The van der Waals surface area contributed by atoms with E-state index in [1.807, 2.05) is 0 Å². The molecule has 0 atom stereocenters. The van der Waals surface area contributed by atoms with Crippen LogP contribution in [0.3, 0.4) is 0 Å². The zero-order chi connectivity index (χ0) is 27.6. The smallest absolute Gasteiger partial charge is 0.453 e. The fourth-order valence-electron chi connectivity index (χ4n) is 3.22. The van der Waals surface area contributed by atoms with Gasteiger partial charge in [-0.05, 0) is 29.8 Å². The van der Waals surface area contributed by atoms with Gasteiger partial charge in [-0.2, -0.15) is 4.73 Å². The van der Waals surface area contributed by atoms with Crippen molar-refractivity contribution in [2.75, 3.05) is 11.1 Å². The van der Waals surface area contributed by atoms with Gasteiger partial charge in [-0.3, -0.25) is 19.4 Å². The van der Waals surface area contributed by atoms with Gasteiger partial charge >= 0.3 is 7.82 Å². The molecule has 0 saturated heterocycles. The molecule has 15 heteroatoms. The normalized spacial score (nSPS) is 11.2. The molecule has 0 aliphatic rings. The van der Waals surface area contributed by atoms with E-state index in [-0.39, 0.29) is 39.2 Å². The number of benzene rings is 2. The second kappa shape index (κ2) is 10.6. The molecule has 2 heterocycles. The summed E-state index contributed by atoms with van der Waals surface area (Å²) in [6.07, 6.45) is 2.98. The van der Waals surface area contributed by atoms with Gasteiger partial charge < -0.3 is 20.4 Å². The Morgan fingerprint density at radius 3 is 2.45 bits per heavy atom. The van der Waals surface area contributed by atoms with Crippen molar-refractivity contribution in [2.24, 2.45) is 0 Å². The van der Waals surface area contributed by atoms with Gasteiger partial charge in [-0.25, -0.2) is 18.3 Å². The molecule has 196 valence electrons. The molecule has 2 aromatic heterocycles. The minimum absolute atomic E-state index is 0.0234. The number of rotatable bonds is 7. The van der Waals surface area contributed by atoms with Crippen molar-refractivity contribution in [3.63, 3.8) is 0 Å². The van der Waals surface area contributed by atoms with Gasteiger partial charge in [-0.15, -0.1) is 0 Å². The Morgan fingerprint density at radius 1 is 1.08 bits per heavy atom. The third kappa shape index (κ3) is 6.15. The monoisotopic (exact) mass is 564 g/mol. The molecule has 4 aromatic rings. The highest BCUT2D eigenvalue weighted by Crippen LogP contribution is 2.34. The zero-order valence-electron chi connectivity index (χ0n) is 18.8. The molecule has 0 bridgehead atoms. The average molecular weight is 565 g/mol. The number of amides is 1. The summed E-state index contributed by atoms with van der Waals surface area (Å²) in [5, 5.41) is 2.29. The average Bonchev–Trinajstić information content (AvgIpc) is 2.84. The maximum Gasteiger partial charge on any atom is 0.543 e. The second-order valence-electron chi connectivity index (χ2n) is 7.56. The van der Waals surface area contributed by atoms with Crippen LogP contribution in [-0.2, 0) is 4.57 Å². The fourth-order valence-corrected chi connectivity index (χ4v) is 3.71. The molecule has 5 N–H and O–H groups in total. The van der Waals surface area contributed by atoms with Crippen LogP contribution in [0.2, 0.25) is 5.02 Å². The Kier molecular flexibility index (Phi) is 7.46. The van der Waals surface area contributed by atoms with Crippen molar-refractivity contribution in [1.29, 1.82) is 0 Å². The summed E-state index contributed by atoms with van der Waals surface area (Å²) < 4.78 is 49.8. The van der Waals surface area contributed by atoms with Crippen LogP contribution in [0.5, 0.6) is 11.5 Å². The number of hydrogen-bond donors (Lipinski definition) is 4. The number of ether oxygens (including phenoxy) is 1. The van der Waals surface area contributed by atoms with Crippen LogP contribution in [0.4, 0.5) is 20.3 Å². The quantitative estimate of drug-likeness (QED) is 0.243. The van der Waals surface area contributed by atoms with Gasteiger partial charge in [0.1, 0.15) is 22.2 Å². The summed E-state index contributed by atoms with van der Waals surface area (Å²) in [5.74, 6) is -2.80. The van der Waals surface area contributed by atoms with Gasteiger partial charge in [0, 0.05) is 29.6 Å². The SMILES string of the molecule is Nc1nccc(Oc2ccc(NC(=O)c3cn(OP(=O)(O)O)cc(-c4ccc(F)cc4)c3=O)cc2F)c1Cl. The van der Waals surface area contributed by atoms with E-state index in [0.717, 1.165) is 30.6 Å². The number of aromatic nitrogens is 2. The molecule has 1 amide bonds. The predicted octanol–water partition coefficient (Wildman–Crippen LogP) is 3.99. The van der Waals surface area contributed by atoms with Gasteiger partial charge in [0.15, 0.2) is 17.3 Å². The molecule has 0 aliphatic heterocycles. The number of phosphoric acid groups is 1. The van der Waals surface area contributed by atoms with Crippen molar-refractivity contribution in [3.05, 3.63) is 99.6 Å². The first-order valence-electron chi connectivity index (χ1n) is 10.4. The topological polar surface area (TPSA) is 166 Å². The van der Waals surface area contributed by atoms with E-state index in [1.54, 1.807) is 0 Å². The van der Waals surface area contributed by atoms with Gasteiger partial charge in [0.25, 0.3) is 5.91 Å². The van der Waals surface area contributed by atoms with Crippen LogP contribution in [0.25, 0.3) is 11.1 Å². The van der Waals surface area contributed by atoms with Gasteiger partial charge in [0.2, 0.25) is 5.43 Å². The van der Waals surface area contributed by atoms with Crippen molar-refractivity contribution >= 4 is 36.8 Å². The van der Waals surface area contributed by atoms with Crippen LogP contribution < -0.4 is 25.8 Å². The van der Waals surface area contributed by atoms with E-state index in [4.69, 9.17) is 31.9 Å². The first kappa shape index (κ1) is 26.8. The summed E-state index contributed by atoms with van der Waals surface area (Å²) in [5.41, 5.74) is 3.94. The highest BCUT2D eigenvalue weighted by atomic mass is 35.5. The van der Waals surface area contributed by atoms with E-state index in [9.17, 15) is 22.9 Å². The summed E-state index contributed by atoms with van der Waals surface area (Å²) in [7, 11) is -5.10. The van der Waals surface area contributed by atoms with E-state index >= 15 is 0 Å². The minimum atomic E-state index is -5.10. The molecule has 2 aromatic carbocycles. The van der Waals surface area contributed by atoms with Crippen LogP contribution in [0.1, 0.15) is 10.4 Å². The number of nitrogen functional groups attached to an aromatic ring is 1. The van der Waals surface area contributed by atoms with Crippen LogP contribution in [0.15, 0.2) is 71.9 Å². The van der Waals surface area contributed by atoms with E-state index in [1.165, 1.54) is 36.5 Å². The molecule has 38 heavy (non-hydrogen) atoms. The third-order valence-corrected chi connectivity index (χ3v) is 5.67. The molecule has 0 saturated carbocycles. The fraction of sp³-hybridized carbons (Fsp3) is 0. The largest absolute Gasteiger partial charge is 0.543 e. The number of hydrogen-bond acceptors (Lipinski definition) is 7. The van der Waals surface area contributed by atoms with Gasteiger partial charge in [0.05, 0.1) is 12.4 Å². The lowest BCUT2D eigenvalue weighted by molar-refractivity contribution is 0.102. The second-order valence-corrected chi connectivity index (χ2v) is 9.09. The van der Waals surface area contributed by atoms with Gasteiger partial charge in [-0.1, -0.05) is 23.7 Å². The molecular formula is C23H16ClF2N4O7P. The molecule has 0 spiro atoms. The van der Waals surface area contributed by atoms with E-state index in [0.29, 0.717) is 4.73 Å². The van der Waals surface area contributed by atoms with Crippen LogP contribution >= 0.6 is 19.4 Å². The first-order valence-corrected chi connectivity index (χ1v) is 12.3. The van der Waals surface area contributed by atoms with Crippen LogP contribution in [0, 0.1) is 11.6 Å². The molecule has 0 fully saturated rings. The molecule has 4 rings (SSSR count). The summed E-state index contributed by atoms with van der Waals surface area (Å²) in [6.45, 7) is 0. The Bertz CT molecular complexity index is 1640. The number of halogens is 3. The molecule has 0 aliphatic carbocycles. The molecule has 0 unspecified atom stereocenters. The summed E-state index contributed by atoms with van der Waals surface area (Å²) in [4.78, 5) is 48.1. The van der Waals surface area contributed by atoms with Crippen molar-refractivity contribution in [3.8, 4) is 22.6 Å². The third-order valence-electron chi connectivity index (χ3n) is 4.89. The first-order chi connectivity index (χ1) is 17.9. The van der Waals surface area contributed by atoms with E-state index in [2.05, 4.69) is 14.9 Å². The lowest BCUT2D eigenvalue weighted by Gasteiger charge is -2.14. The lowest BCUT2D eigenvalue weighted by atomic mass is 10.0.